The molecule has 0 spiro atoms. The predicted molar refractivity (Wildman–Crippen MR) is 82.0 cm³/mol. The van der Waals surface area contributed by atoms with Crippen molar-refractivity contribution in [2.24, 2.45) is 7.05 Å². The smallest absolute Gasteiger partial charge is 0.325 e. The van der Waals surface area contributed by atoms with Crippen molar-refractivity contribution in [2.75, 3.05) is 0 Å². The number of rotatable bonds is 2. The molecule has 1 aromatic carbocycles. The highest BCUT2D eigenvalue weighted by atomic mass is 16.5. The summed E-state index contributed by atoms with van der Waals surface area (Å²) in [6.45, 7) is 0. The largest absolute Gasteiger partial charge is 0.493 e. The summed E-state index contributed by atoms with van der Waals surface area (Å²) in [4.78, 5) is 12.2. The Labute approximate surface area is 125 Å². The van der Waals surface area contributed by atoms with Gasteiger partial charge in [-0.05, 0) is 29.7 Å². The molecular formula is C16H12N4O2. The summed E-state index contributed by atoms with van der Waals surface area (Å²) in [6.07, 6.45) is 5.12. The Morgan fingerprint density at radius 3 is 2.95 bits per heavy atom. The molecule has 1 N–H and O–H groups in total. The fraction of sp³-hybridized carbons (Fsp3) is 0.0625. The highest BCUT2D eigenvalue weighted by molar-refractivity contribution is 5.83. The lowest BCUT2D eigenvalue weighted by Crippen LogP contribution is -1.94. The maximum Gasteiger partial charge on any atom is 0.325 e. The van der Waals surface area contributed by atoms with E-state index in [4.69, 9.17) is 4.74 Å². The lowest BCUT2D eigenvalue weighted by molar-refractivity contribution is 0.412. The standard InChI is InChI=1S/C16H12N4O2/c1-20-7-5-10-2-3-11(8-14(10)20)22-16-18-13-9-17-6-4-12(13)15(21)19-16/h2-9H,1H3,(H,18,19,21). The summed E-state index contributed by atoms with van der Waals surface area (Å²) in [5.41, 5.74) is 1.58. The average Bonchev–Trinajstić information content (AvgIpc) is 2.89. The molecule has 0 saturated carbocycles. The Morgan fingerprint density at radius 2 is 2.05 bits per heavy atom. The number of aryl methyl sites for hydroxylation is 1. The SMILES string of the molecule is Cn1ccc2ccc(Oc3nc(O)c4ccncc4n3)cc21. The van der Waals surface area contributed by atoms with Crippen molar-refractivity contribution in [3.63, 3.8) is 0 Å². The molecule has 0 aliphatic rings. The van der Waals surface area contributed by atoms with E-state index in [0.717, 1.165) is 10.9 Å². The molecule has 0 aliphatic carbocycles. The van der Waals surface area contributed by atoms with Gasteiger partial charge in [0.1, 0.15) is 5.75 Å². The Balaban J connectivity index is 1.76. The summed E-state index contributed by atoms with van der Waals surface area (Å²) >= 11 is 0. The van der Waals surface area contributed by atoms with E-state index in [1.54, 1.807) is 18.5 Å². The number of pyridine rings is 1. The molecule has 0 amide bonds. The van der Waals surface area contributed by atoms with Gasteiger partial charge in [0.15, 0.2) is 0 Å². The first-order valence-electron chi connectivity index (χ1n) is 6.74. The van der Waals surface area contributed by atoms with Gasteiger partial charge < -0.3 is 14.4 Å². The number of aromatic hydroxyl groups is 1. The van der Waals surface area contributed by atoms with E-state index in [0.29, 0.717) is 16.7 Å². The van der Waals surface area contributed by atoms with E-state index in [2.05, 4.69) is 15.0 Å². The maximum absolute atomic E-state index is 9.95. The number of ether oxygens (including phenoxy) is 1. The van der Waals surface area contributed by atoms with Gasteiger partial charge in [-0.25, -0.2) is 0 Å². The fourth-order valence-electron chi connectivity index (χ4n) is 2.40. The first kappa shape index (κ1) is 12.6. The molecule has 22 heavy (non-hydrogen) atoms. The van der Waals surface area contributed by atoms with Crippen LogP contribution in [0.4, 0.5) is 0 Å². The lowest BCUT2D eigenvalue weighted by Gasteiger charge is -2.06. The first-order chi connectivity index (χ1) is 10.7. The van der Waals surface area contributed by atoms with Gasteiger partial charge in [-0.1, -0.05) is 0 Å². The second-order valence-corrected chi connectivity index (χ2v) is 4.97. The molecule has 0 saturated heterocycles. The quantitative estimate of drug-likeness (QED) is 0.615. The van der Waals surface area contributed by atoms with E-state index in [1.807, 2.05) is 42.1 Å². The molecule has 0 fully saturated rings. The van der Waals surface area contributed by atoms with Gasteiger partial charge in [0.05, 0.1) is 22.6 Å². The van der Waals surface area contributed by atoms with Gasteiger partial charge in [-0.15, -0.1) is 0 Å². The Bertz CT molecular complexity index is 994. The number of fused-ring (bicyclic) bond motifs is 2. The van der Waals surface area contributed by atoms with Gasteiger partial charge in [0.2, 0.25) is 5.88 Å². The molecule has 0 unspecified atom stereocenters. The van der Waals surface area contributed by atoms with Crippen molar-refractivity contribution in [1.29, 1.82) is 0 Å². The van der Waals surface area contributed by atoms with Crippen molar-refractivity contribution in [3.8, 4) is 17.6 Å². The molecule has 0 bridgehead atoms. The molecule has 6 heteroatoms. The lowest BCUT2D eigenvalue weighted by atomic mass is 10.2. The summed E-state index contributed by atoms with van der Waals surface area (Å²) < 4.78 is 7.68. The molecule has 4 aromatic rings. The molecule has 0 radical (unpaired) electrons. The average molecular weight is 292 g/mol. The minimum atomic E-state index is -0.123. The van der Waals surface area contributed by atoms with Gasteiger partial charge in [0, 0.05) is 25.5 Å². The van der Waals surface area contributed by atoms with E-state index in [1.165, 1.54) is 0 Å². The van der Waals surface area contributed by atoms with Crippen LogP contribution in [0.3, 0.4) is 0 Å². The third-order valence-corrected chi connectivity index (χ3v) is 3.53. The molecule has 6 nitrogen and oxygen atoms in total. The second-order valence-electron chi connectivity index (χ2n) is 4.97. The second kappa shape index (κ2) is 4.70. The number of hydrogen-bond acceptors (Lipinski definition) is 5. The Morgan fingerprint density at radius 1 is 1.14 bits per heavy atom. The zero-order chi connectivity index (χ0) is 15.1. The Hall–Kier alpha value is -3.15. The predicted octanol–water partition coefficient (Wildman–Crippen LogP) is 3.01. The number of aromatic nitrogens is 4. The van der Waals surface area contributed by atoms with E-state index in [-0.39, 0.29) is 11.9 Å². The van der Waals surface area contributed by atoms with Crippen molar-refractivity contribution < 1.29 is 9.84 Å². The van der Waals surface area contributed by atoms with Crippen LogP contribution in [0.15, 0.2) is 48.9 Å². The summed E-state index contributed by atoms with van der Waals surface area (Å²) in [5, 5.41) is 11.6. The van der Waals surface area contributed by atoms with Crippen LogP contribution in [0.2, 0.25) is 0 Å². The van der Waals surface area contributed by atoms with Crippen LogP contribution in [0.5, 0.6) is 17.6 Å². The summed E-state index contributed by atoms with van der Waals surface area (Å²) in [5.74, 6) is 0.485. The van der Waals surface area contributed by atoms with Gasteiger partial charge in [0.25, 0.3) is 0 Å². The van der Waals surface area contributed by atoms with Crippen molar-refractivity contribution in [1.82, 2.24) is 19.5 Å². The van der Waals surface area contributed by atoms with Gasteiger partial charge in [-0.2, -0.15) is 9.97 Å². The number of benzene rings is 1. The number of hydrogen-bond donors (Lipinski definition) is 1. The number of nitrogens with zero attached hydrogens (tertiary/aromatic N) is 4. The van der Waals surface area contributed by atoms with E-state index >= 15 is 0 Å². The summed E-state index contributed by atoms with van der Waals surface area (Å²) in [6, 6.07) is 9.49. The van der Waals surface area contributed by atoms with Crippen LogP contribution in [0.25, 0.3) is 21.8 Å². The molecule has 0 aliphatic heterocycles. The van der Waals surface area contributed by atoms with Crippen LogP contribution in [0, 0.1) is 0 Å². The van der Waals surface area contributed by atoms with E-state index < -0.39 is 0 Å². The van der Waals surface area contributed by atoms with Crippen LogP contribution < -0.4 is 4.74 Å². The van der Waals surface area contributed by atoms with Gasteiger partial charge >= 0.3 is 6.01 Å². The third-order valence-electron chi connectivity index (χ3n) is 3.53. The van der Waals surface area contributed by atoms with Crippen molar-refractivity contribution in [3.05, 3.63) is 48.9 Å². The molecule has 108 valence electrons. The molecule has 4 rings (SSSR count). The molecule has 3 heterocycles. The van der Waals surface area contributed by atoms with Crippen molar-refractivity contribution >= 4 is 21.8 Å². The fourth-order valence-corrected chi connectivity index (χ4v) is 2.40. The minimum Gasteiger partial charge on any atom is -0.493 e. The maximum atomic E-state index is 9.95. The van der Waals surface area contributed by atoms with Crippen molar-refractivity contribution in [2.45, 2.75) is 0 Å². The van der Waals surface area contributed by atoms with Crippen LogP contribution in [-0.2, 0) is 7.05 Å². The Kier molecular flexibility index (Phi) is 2.69. The molecular weight excluding hydrogens is 280 g/mol. The molecule has 3 aromatic heterocycles. The van der Waals surface area contributed by atoms with Crippen LogP contribution >= 0.6 is 0 Å². The highest BCUT2D eigenvalue weighted by Crippen LogP contribution is 2.27. The zero-order valence-corrected chi connectivity index (χ0v) is 11.8. The van der Waals surface area contributed by atoms with E-state index in [9.17, 15) is 5.11 Å². The highest BCUT2D eigenvalue weighted by Gasteiger charge is 2.09. The monoisotopic (exact) mass is 292 g/mol. The summed E-state index contributed by atoms with van der Waals surface area (Å²) in [7, 11) is 1.97. The van der Waals surface area contributed by atoms with Crippen LogP contribution in [0.1, 0.15) is 0 Å². The normalized spacial score (nSPS) is 11.1. The third kappa shape index (κ3) is 2.01. The first-order valence-corrected chi connectivity index (χ1v) is 6.74. The topological polar surface area (TPSA) is 73.1 Å². The van der Waals surface area contributed by atoms with Gasteiger partial charge in [-0.3, -0.25) is 4.98 Å². The minimum absolute atomic E-state index is 0.0894. The van der Waals surface area contributed by atoms with Crippen LogP contribution in [-0.4, -0.2) is 24.6 Å². The molecule has 0 atom stereocenters. The zero-order valence-electron chi connectivity index (χ0n) is 11.8.